The molecule has 0 radical (unpaired) electrons. The quantitative estimate of drug-likeness (QED) is 0.595. The van der Waals surface area contributed by atoms with Crippen molar-refractivity contribution in [2.24, 2.45) is 0 Å². The van der Waals surface area contributed by atoms with Crippen molar-refractivity contribution in [3.63, 3.8) is 0 Å². The van der Waals surface area contributed by atoms with E-state index >= 15 is 0 Å². The summed E-state index contributed by atoms with van der Waals surface area (Å²) in [6.07, 6.45) is 0.689. The van der Waals surface area contributed by atoms with E-state index in [0.29, 0.717) is 18.8 Å². The number of aliphatic hydroxyl groups excluding tert-OH is 2. The molecule has 1 aromatic carbocycles. The van der Waals surface area contributed by atoms with Crippen LogP contribution in [0.4, 0.5) is 5.69 Å². The summed E-state index contributed by atoms with van der Waals surface area (Å²) in [5.74, 6) is 0.363. The van der Waals surface area contributed by atoms with Gasteiger partial charge in [-0.15, -0.1) is 0 Å². The van der Waals surface area contributed by atoms with Gasteiger partial charge >= 0.3 is 0 Å². The first-order chi connectivity index (χ1) is 10.0. The molecule has 2 N–H and O–H groups in total. The van der Waals surface area contributed by atoms with Crippen LogP contribution in [0, 0.1) is 10.1 Å². The molecular formula is C14H20N2O5. The number of hydrogen-bond donors (Lipinski definition) is 2. The standard InChI is InChI=1S/C14H20N2O5/c17-12-4-2-6-15(8-12)9-13(18)10-21-14-5-1-3-11(7-14)16(19)20/h1,3,5,7,12-13,17-18H,2,4,6,8-10H2. The third kappa shape index (κ3) is 4.96. The fourth-order valence-corrected chi connectivity index (χ4v) is 2.43. The molecule has 0 aliphatic carbocycles. The summed E-state index contributed by atoms with van der Waals surface area (Å²) in [6, 6.07) is 5.88. The first kappa shape index (κ1) is 15.7. The van der Waals surface area contributed by atoms with Crippen molar-refractivity contribution in [1.82, 2.24) is 4.90 Å². The van der Waals surface area contributed by atoms with Gasteiger partial charge in [-0.3, -0.25) is 15.0 Å². The van der Waals surface area contributed by atoms with Crippen molar-refractivity contribution in [3.8, 4) is 5.75 Å². The van der Waals surface area contributed by atoms with Gasteiger partial charge in [-0.05, 0) is 25.5 Å². The monoisotopic (exact) mass is 296 g/mol. The lowest BCUT2D eigenvalue weighted by atomic mass is 10.1. The molecular weight excluding hydrogens is 276 g/mol. The number of non-ortho nitro benzene ring substituents is 1. The fraction of sp³-hybridized carbons (Fsp3) is 0.571. The van der Waals surface area contributed by atoms with E-state index in [2.05, 4.69) is 0 Å². The predicted molar refractivity (Wildman–Crippen MR) is 76.3 cm³/mol. The highest BCUT2D eigenvalue weighted by atomic mass is 16.6. The molecule has 7 nitrogen and oxygen atoms in total. The zero-order chi connectivity index (χ0) is 15.2. The van der Waals surface area contributed by atoms with Gasteiger partial charge in [0, 0.05) is 19.2 Å². The lowest BCUT2D eigenvalue weighted by Crippen LogP contribution is -2.43. The van der Waals surface area contributed by atoms with E-state index in [1.54, 1.807) is 12.1 Å². The van der Waals surface area contributed by atoms with Gasteiger partial charge in [0.25, 0.3) is 5.69 Å². The Balaban J connectivity index is 1.79. The number of nitro benzene ring substituents is 1. The van der Waals surface area contributed by atoms with Crippen molar-refractivity contribution < 1.29 is 19.9 Å². The number of nitrogens with zero attached hydrogens (tertiary/aromatic N) is 2. The first-order valence-electron chi connectivity index (χ1n) is 7.00. The van der Waals surface area contributed by atoms with Crippen LogP contribution < -0.4 is 4.74 Å². The zero-order valence-electron chi connectivity index (χ0n) is 11.7. The molecule has 0 aromatic heterocycles. The van der Waals surface area contributed by atoms with Crippen LogP contribution in [0.15, 0.2) is 24.3 Å². The minimum absolute atomic E-state index is 0.0406. The minimum Gasteiger partial charge on any atom is -0.491 e. The van der Waals surface area contributed by atoms with Gasteiger partial charge in [0.2, 0.25) is 0 Å². The number of rotatable bonds is 6. The molecule has 7 heteroatoms. The zero-order valence-corrected chi connectivity index (χ0v) is 11.7. The number of nitro groups is 1. The van der Waals surface area contributed by atoms with Crippen molar-refractivity contribution in [2.75, 3.05) is 26.2 Å². The van der Waals surface area contributed by atoms with E-state index in [4.69, 9.17) is 4.74 Å². The SMILES string of the molecule is O=[N+]([O-])c1cccc(OCC(O)CN2CCCC(O)C2)c1. The average Bonchev–Trinajstić information content (AvgIpc) is 2.45. The Morgan fingerprint density at radius 3 is 3.05 bits per heavy atom. The molecule has 0 amide bonds. The van der Waals surface area contributed by atoms with Crippen LogP contribution in [0.2, 0.25) is 0 Å². The van der Waals surface area contributed by atoms with Gasteiger partial charge in [0.15, 0.2) is 0 Å². The lowest BCUT2D eigenvalue weighted by Gasteiger charge is -2.31. The Morgan fingerprint density at radius 2 is 2.33 bits per heavy atom. The van der Waals surface area contributed by atoms with Crippen LogP contribution in [0.5, 0.6) is 5.75 Å². The Hall–Kier alpha value is -1.70. The second kappa shape index (κ2) is 7.35. The summed E-state index contributed by atoms with van der Waals surface area (Å²) in [5.41, 5.74) is -0.0406. The Morgan fingerprint density at radius 1 is 1.52 bits per heavy atom. The van der Waals surface area contributed by atoms with Crippen LogP contribution in [0.25, 0.3) is 0 Å². The van der Waals surface area contributed by atoms with Crippen LogP contribution >= 0.6 is 0 Å². The van der Waals surface area contributed by atoms with Gasteiger partial charge < -0.3 is 14.9 Å². The maximum atomic E-state index is 10.7. The number of aliphatic hydroxyl groups is 2. The van der Waals surface area contributed by atoms with E-state index in [0.717, 1.165) is 19.4 Å². The Bertz CT molecular complexity index is 482. The summed E-state index contributed by atoms with van der Waals surface area (Å²) < 4.78 is 5.38. The number of likely N-dealkylation sites (tertiary alicyclic amines) is 1. The number of β-amino-alcohol motifs (C(OH)–C–C–N with tert-alkyl or cyclic N) is 2. The van der Waals surface area contributed by atoms with Crippen LogP contribution in [-0.4, -0.2) is 58.5 Å². The smallest absolute Gasteiger partial charge is 0.273 e. The molecule has 2 rings (SSSR count). The summed E-state index contributed by atoms with van der Waals surface area (Å²) in [7, 11) is 0. The molecule has 1 aliphatic heterocycles. The van der Waals surface area contributed by atoms with Crippen molar-refractivity contribution in [2.45, 2.75) is 25.0 Å². The Labute approximate surface area is 122 Å². The third-order valence-corrected chi connectivity index (χ3v) is 3.42. The topological polar surface area (TPSA) is 96.1 Å². The molecule has 1 heterocycles. The maximum Gasteiger partial charge on any atom is 0.273 e. The molecule has 2 unspecified atom stereocenters. The number of benzene rings is 1. The molecule has 116 valence electrons. The normalized spacial score (nSPS) is 21.0. The lowest BCUT2D eigenvalue weighted by molar-refractivity contribution is -0.384. The largest absolute Gasteiger partial charge is 0.491 e. The van der Waals surface area contributed by atoms with Gasteiger partial charge in [0.1, 0.15) is 18.5 Å². The maximum absolute atomic E-state index is 10.7. The molecule has 0 bridgehead atoms. The second-order valence-corrected chi connectivity index (χ2v) is 5.27. The van der Waals surface area contributed by atoms with E-state index in [9.17, 15) is 20.3 Å². The van der Waals surface area contributed by atoms with Crippen molar-refractivity contribution in [3.05, 3.63) is 34.4 Å². The van der Waals surface area contributed by atoms with Gasteiger partial charge in [-0.1, -0.05) is 6.07 Å². The first-order valence-corrected chi connectivity index (χ1v) is 7.00. The molecule has 0 spiro atoms. The molecule has 2 atom stereocenters. The van der Waals surface area contributed by atoms with Crippen molar-refractivity contribution in [1.29, 1.82) is 0 Å². The Kier molecular flexibility index (Phi) is 5.49. The minimum atomic E-state index is -0.699. The van der Waals surface area contributed by atoms with E-state index in [1.807, 2.05) is 4.90 Å². The van der Waals surface area contributed by atoms with Gasteiger partial charge in [-0.25, -0.2) is 0 Å². The van der Waals surface area contributed by atoms with E-state index in [-0.39, 0.29) is 18.4 Å². The molecule has 1 aromatic rings. The van der Waals surface area contributed by atoms with E-state index in [1.165, 1.54) is 12.1 Å². The van der Waals surface area contributed by atoms with Crippen LogP contribution in [0.1, 0.15) is 12.8 Å². The van der Waals surface area contributed by atoms with Crippen molar-refractivity contribution >= 4 is 5.69 Å². The average molecular weight is 296 g/mol. The summed E-state index contributed by atoms with van der Waals surface area (Å²) >= 11 is 0. The molecule has 1 fully saturated rings. The van der Waals surface area contributed by atoms with E-state index < -0.39 is 11.0 Å². The van der Waals surface area contributed by atoms with Crippen LogP contribution in [0.3, 0.4) is 0 Å². The van der Waals surface area contributed by atoms with Crippen LogP contribution in [-0.2, 0) is 0 Å². The third-order valence-electron chi connectivity index (χ3n) is 3.42. The van der Waals surface area contributed by atoms with Gasteiger partial charge in [-0.2, -0.15) is 0 Å². The second-order valence-electron chi connectivity index (χ2n) is 5.27. The highest BCUT2D eigenvalue weighted by molar-refractivity contribution is 5.37. The fourth-order valence-electron chi connectivity index (χ4n) is 2.43. The highest BCUT2D eigenvalue weighted by Gasteiger charge is 2.20. The number of hydrogen-bond acceptors (Lipinski definition) is 6. The molecule has 0 saturated carbocycles. The summed E-state index contributed by atoms with van der Waals surface area (Å²) in [4.78, 5) is 12.2. The molecule has 21 heavy (non-hydrogen) atoms. The molecule has 1 saturated heterocycles. The summed E-state index contributed by atoms with van der Waals surface area (Å²) in [6.45, 7) is 1.90. The predicted octanol–water partition coefficient (Wildman–Crippen LogP) is 0.791. The molecule has 1 aliphatic rings. The highest BCUT2D eigenvalue weighted by Crippen LogP contribution is 2.19. The number of piperidine rings is 1. The summed E-state index contributed by atoms with van der Waals surface area (Å²) in [5, 5.41) is 30.2. The number of ether oxygens (including phenoxy) is 1. The van der Waals surface area contributed by atoms with Gasteiger partial charge in [0.05, 0.1) is 17.1 Å².